The third-order valence-electron chi connectivity index (χ3n) is 3.66. The summed E-state index contributed by atoms with van der Waals surface area (Å²) in [5, 5.41) is 2.94. The summed E-state index contributed by atoms with van der Waals surface area (Å²) in [5.41, 5.74) is 2.44. The zero-order chi connectivity index (χ0) is 14.7. The van der Waals surface area contributed by atoms with Gasteiger partial charge < -0.3 is 10.1 Å². The van der Waals surface area contributed by atoms with Crippen molar-refractivity contribution >= 4 is 5.91 Å². The highest BCUT2D eigenvalue weighted by Gasteiger charge is 2.23. The van der Waals surface area contributed by atoms with Gasteiger partial charge in [0.2, 0.25) is 0 Å². The molecule has 4 heteroatoms. The Labute approximate surface area is 122 Å². The Morgan fingerprint density at radius 1 is 1.19 bits per heavy atom. The van der Waals surface area contributed by atoms with Gasteiger partial charge in [-0.05, 0) is 36.1 Å². The average molecular weight is 285 g/mol. The molecule has 0 saturated heterocycles. The van der Waals surface area contributed by atoms with E-state index in [9.17, 15) is 9.18 Å². The highest BCUT2D eigenvalue weighted by molar-refractivity contribution is 5.78. The SMILES string of the molecule is O=C(COc1ccccc1F)NC1CCc2ccccc21. The first-order valence-electron chi connectivity index (χ1n) is 6.98. The second-order valence-electron chi connectivity index (χ2n) is 5.08. The molecule has 0 fully saturated rings. The fraction of sp³-hybridized carbons (Fsp3) is 0.235. The van der Waals surface area contributed by atoms with Crippen LogP contribution >= 0.6 is 0 Å². The van der Waals surface area contributed by atoms with E-state index in [1.165, 1.54) is 17.7 Å². The van der Waals surface area contributed by atoms with Crippen molar-refractivity contribution in [3.63, 3.8) is 0 Å². The van der Waals surface area contributed by atoms with Crippen molar-refractivity contribution in [2.24, 2.45) is 0 Å². The van der Waals surface area contributed by atoms with Crippen LogP contribution in [0.2, 0.25) is 0 Å². The number of hydrogen-bond donors (Lipinski definition) is 1. The molecule has 108 valence electrons. The van der Waals surface area contributed by atoms with E-state index in [4.69, 9.17) is 4.74 Å². The largest absolute Gasteiger partial charge is 0.481 e. The fourth-order valence-corrected chi connectivity index (χ4v) is 2.65. The minimum absolute atomic E-state index is 0.0259. The number of benzene rings is 2. The fourth-order valence-electron chi connectivity index (χ4n) is 2.65. The van der Waals surface area contributed by atoms with E-state index in [1.54, 1.807) is 12.1 Å². The maximum atomic E-state index is 13.4. The number of para-hydroxylation sites is 1. The van der Waals surface area contributed by atoms with Gasteiger partial charge in [-0.3, -0.25) is 4.79 Å². The monoisotopic (exact) mass is 285 g/mol. The van der Waals surface area contributed by atoms with Gasteiger partial charge in [0, 0.05) is 0 Å². The lowest BCUT2D eigenvalue weighted by Gasteiger charge is -2.14. The van der Waals surface area contributed by atoms with Gasteiger partial charge in [-0.25, -0.2) is 4.39 Å². The summed E-state index contributed by atoms with van der Waals surface area (Å²) in [7, 11) is 0. The van der Waals surface area contributed by atoms with Crippen LogP contribution in [0.25, 0.3) is 0 Å². The molecule has 1 N–H and O–H groups in total. The number of amides is 1. The van der Waals surface area contributed by atoms with E-state index in [0.29, 0.717) is 0 Å². The van der Waals surface area contributed by atoms with Crippen molar-refractivity contribution in [3.8, 4) is 5.75 Å². The molecular formula is C17H16FNO2. The van der Waals surface area contributed by atoms with Crippen molar-refractivity contribution in [3.05, 3.63) is 65.5 Å². The molecule has 0 aliphatic heterocycles. The zero-order valence-electron chi connectivity index (χ0n) is 11.5. The topological polar surface area (TPSA) is 38.3 Å². The van der Waals surface area contributed by atoms with E-state index >= 15 is 0 Å². The molecule has 3 nitrogen and oxygen atoms in total. The van der Waals surface area contributed by atoms with Gasteiger partial charge in [0.15, 0.2) is 18.2 Å². The smallest absolute Gasteiger partial charge is 0.258 e. The minimum Gasteiger partial charge on any atom is -0.481 e. The van der Waals surface area contributed by atoms with Crippen LogP contribution in [-0.4, -0.2) is 12.5 Å². The van der Waals surface area contributed by atoms with E-state index in [0.717, 1.165) is 18.4 Å². The molecule has 21 heavy (non-hydrogen) atoms. The zero-order valence-corrected chi connectivity index (χ0v) is 11.5. The predicted molar refractivity (Wildman–Crippen MR) is 77.5 cm³/mol. The van der Waals surface area contributed by atoms with Gasteiger partial charge in [0.1, 0.15) is 0 Å². The molecule has 2 aromatic rings. The molecule has 1 amide bonds. The van der Waals surface area contributed by atoms with Gasteiger partial charge in [-0.1, -0.05) is 36.4 Å². The van der Waals surface area contributed by atoms with Gasteiger partial charge in [-0.15, -0.1) is 0 Å². The summed E-state index contributed by atoms with van der Waals surface area (Å²) in [4.78, 5) is 11.9. The molecule has 1 atom stereocenters. The van der Waals surface area contributed by atoms with Crippen molar-refractivity contribution in [1.29, 1.82) is 0 Å². The quantitative estimate of drug-likeness (QED) is 0.937. The second-order valence-corrected chi connectivity index (χ2v) is 5.08. The Balaban J connectivity index is 1.57. The molecule has 1 aliphatic carbocycles. The lowest BCUT2D eigenvalue weighted by molar-refractivity contribution is -0.123. The van der Waals surface area contributed by atoms with Crippen molar-refractivity contribution < 1.29 is 13.9 Å². The summed E-state index contributed by atoms with van der Waals surface area (Å²) in [6.07, 6.45) is 1.86. The first kappa shape index (κ1) is 13.6. The molecule has 0 heterocycles. The summed E-state index contributed by atoms with van der Waals surface area (Å²) < 4.78 is 18.6. The molecule has 0 aromatic heterocycles. The first-order valence-corrected chi connectivity index (χ1v) is 6.98. The highest BCUT2D eigenvalue weighted by atomic mass is 19.1. The van der Waals surface area contributed by atoms with Crippen LogP contribution in [0.3, 0.4) is 0 Å². The van der Waals surface area contributed by atoms with Crippen molar-refractivity contribution in [2.75, 3.05) is 6.61 Å². The maximum absolute atomic E-state index is 13.4. The summed E-state index contributed by atoms with van der Waals surface area (Å²) in [5.74, 6) is -0.601. The Morgan fingerprint density at radius 2 is 1.95 bits per heavy atom. The van der Waals surface area contributed by atoms with Crippen LogP contribution in [0.5, 0.6) is 5.75 Å². The Bertz CT molecular complexity index is 657. The number of nitrogens with one attached hydrogen (secondary N) is 1. The Morgan fingerprint density at radius 3 is 2.81 bits per heavy atom. The lowest BCUT2D eigenvalue weighted by atomic mass is 10.1. The van der Waals surface area contributed by atoms with Gasteiger partial charge in [0.25, 0.3) is 5.91 Å². The van der Waals surface area contributed by atoms with Crippen LogP contribution in [0.4, 0.5) is 4.39 Å². The Hall–Kier alpha value is -2.36. The molecule has 1 aliphatic rings. The average Bonchev–Trinajstić information content (AvgIpc) is 2.90. The Kier molecular flexibility index (Phi) is 3.86. The third kappa shape index (κ3) is 3.05. The van der Waals surface area contributed by atoms with E-state index in [2.05, 4.69) is 11.4 Å². The van der Waals surface area contributed by atoms with Gasteiger partial charge in [0.05, 0.1) is 6.04 Å². The standard InChI is InChI=1S/C17H16FNO2/c18-14-7-3-4-8-16(14)21-11-17(20)19-15-10-9-12-5-1-2-6-13(12)15/h1-8,15H,9-11H2,(H,19,20). The number of carbonyl (C=O) groups excluding carboxylic acids is 1. The number of halogens is 1. The molecule has 2 aromatic carbocycles. The van der Waals surface area contributed by atoms with Crippen molar-refractivity contribution in [2.45, 2.75) is 18.9 Å². The molecule has 0 radical (unpaired) electrons. The highest BCUT2D eigenvalue weighted by Crippen LogP contribution is 2.30. The van der Waals surface area contributed by atoms with Crippen LogP contribution in [0.1, 0.15) is 23.6 Å². The molecule has 0 saturated carbocycles. The molecule has 3 rings (SSSR count). The third-order valence-corrected chi connectivity index (χ3v) is 3.66. The number of aryl methyl sites for hydroxylation is 1. The minimum atomic E-state index is -0.462. The second kappa shape index (κ2) is 5.95. The van der Waals surface area contributed by atoms with Crippen LogP contribution < -0.4 is 10.1 Å². The van der Waals surface area contributed by atoms with Crippen molar-refractivity contribution in [1.82, 2.24) is 5.32 Å². The van der Waals surface area contributed by atoms with E-state index in [-0.39, 0.29) is 24.3 Å². The summed E-state index contributed by atoms with van der Waals surface area (Å²) >= 11 is 0. The van der Waals surface area contributed by atoms with E-state index in [1.807, 2.05) is 18.2 Å². The molecule has 0 bridgehead atoms. The number of ether oxygens (including phenoxy) is 1. The number of rotatable bonds is 4. The predicted octanol–water partition coefficient (Wildman–Crippen LogP) is 3.01. The first-order chi connectivity index (χ1) is 10.2. The van der Waals surface area contributed by atoms with Crippen LogP contribution in [-0.2, 0) is 11.2 Å². The van der Waals surface area contributed by atoms with Gasteiger partial charge in [-0.2, -0.15) is 0 Å². The normalized spacial score (nSPS) is 16.3. The molecule has 0 spiro atoms. The number of hydrogen-bond acceptors (Lipinski definition) is 2. The van der Waals surface area contributed by atoms with Crippen LogP contribution in [0, 0.1) is 5.82 Å². The number of carbonyl (C=O) groups is 1. The van der Waals surface area contributed by atoms with E-state index < -0.39 is 5.82 Å². The number of fused-ring (bicyclic) bond motifs is 1. The lowest BCUT2D eigenvalue weighted by Crippen LogP contribution is -2.31. The summed E-state index contributed by atoms with van der Waals surface area (Å²) in [6, 6.07) is 14.2. The summed E-state index contributed by atoms with van der Waals surface area (Å²) in [6.45, 7) is -0.181. The maximum Gasteiger partial charge on any atom is 0.258 e. The van der Waals surface area contributed by atoms with Gasteiger partial charge >= 0.3 is 0 Å². The molecule has 1 unspecified atom stereocenters. The molecular weight excluding hydrogens is 269 g/mol. The van der Waals surface area contributed by atoms with Crippen LogP contribution in [0.15, 0.2) is 48.5 Å².